The summed E-state index contributed by atoms with van der Waals surface area (Å²) in [4.78, 5) is 36.8. The highest BCUT2D eigenvalue weighted by atomic mass is 35.5. The van der Waals surface area contributed by atoms with E-state index in [2.05, 4.69) is 24.9 Å². The molecule has 1 saturated heterocycles. The van der Waals surface area contributed by atoms with Gasteiger partial charge in [-0.2, -0.15) is 0 Å². The summed E-state index contributed by atoms with van der Waals surface area (Å²) >= 11 is 5.85. The average Bonchev–Trinajstić information content (AvgIpc) is 3.36. The van der Waals surface area contributed by atoms with Gasteiger partial charge in [0.15, 0.2) is 5.82 Å². The molecule has 8 nitrogen and oxygen atoms in total. The number of carbonyl (C=O) groups excluding carboxylic acids is 1. The van der Waals surface area contributed by atoms with E-state index in [4.69, 9.17) is 16.3 Å². The lowest BCUT2D eigenvalue weighted by atomic mass is 10.1. The molecule has 152 valence electrons. The van der Waals surface area contributed by atoms with Gasteiger partial charge in [-0.1, -0.05) is 11.6 Å². The average molecular weight is 423 g/mol. The summed E-state index contributed by atoms with van der Waals surface area (Å²) in [6.45, 7) is 2.56. The lowest BCUT2D eigenvalue weighted by molar-refractivity contribution is 0.0448. The number of likely N-dealkylation sites (tertiary alicyclic amines) is 1. The van der Waals surface area contributed by atoms with Gasteiger partial charge in [-0.25, -0.2) is 24.9 Å². The number of aromatic nitrogens is 5. The number of halogens is 1. The van der Waals surface area contributed by atoms with Crippen molar-refractivity contribution in [3.63, 3.8) is 0 Å². The van der Waals surface area contributed by atoms with E-state index in [1.54, 1.807) is 18.5 Å². The highest BCUT2D eigenvalue weighted by molar-refractivity contribution is 6.30. The maximum atomic E-state index is 13.5. The first-order chi connectivity index (χ1) is 14.6. The Morgan fingerprint density at radius 1 is 1.13 bits per heavy atom. The normalized spacial score (nSPS) is 22.3. The SMILES string of the molecule is Cc1ccc(-c2ncccn2)c(C(=O)N2CC3CC(Oc4ncc(Cl)cn4)C2C3)n1. The van der Waals surface area contributed by atoms with E-state index in [0.717, 1.165) is 18.5 Å². The van der Waals surface area contributed by atoms with E-state index >= 15 is 0 Å². The molecule has 5 rings (SSSR count). The van der Waals surface area contributed by atoms with Gasteiger partial charge in [0.2, 0.25) is 0 Å². The van der Waals surface area contributed by atoms with Crippen LogP contribution in [-0.4, -0.2) is 54.4 Å². The molecule has 1 aliphatic carbocycles. The number of amides is 1. The van der Waals surface area contributed by atoms with Crippen LogP contribution in [0.2, 0.25) is 5.02 Å². The van der Waals surface area contributed by atoms with Crippen molar-refractivity contribution in [2.45, 2.75) is 31.9 Å². The van der Waals surface area contributed by atoms with Gasteiger partial charge in [-0.15, -0.1) is 0 Å². The van der Waals surface area contributed by atoms with E-state index in [0.29, 0.717) is 34.6 Å². The van der Waals surface area contributed by atoms with Crippen LogP contribution in [0.15, 0.2) is 43.0 Å². The van der Waals surface area contributed by atoms with Crippen molar-refractivity contribution in [3.05, 3.63) is 59.4 Å². The first-order valence-electron chi connectivity index (χ1n) is 9.78. The monoisotopic (exact) mass is 422 g/mol. The number of hydrogen-bond acceptors (Lipinski definition) is 7. The molecule has 2 bridgehead atoms. The molecule has 0 aromatic carbocycles. The predicted molar refractivity (Wildman–Crippen MR) is 109 cm³/mol. The Labute approximate surface area is 178 Å². The van der Waals surface area contributed by atoms with Crippen molar-refractivity contribution in [2.24, 2.45) is 5.92 Å². The van der Waals surface area contributed by atoms with E-state index in [1.165, 1.54) is 12.4 Å². The van der Waals surface area contributed by atoms with Crippen LogP contribution in [0, 0.1) is 12.8 Å². The molecule has 3 unspecified atom stereocenters. The molecule has 3 atom stereocenters. The van der Waals surface area contributed by atoms with Crippen LogP contribution in [0.3, 0.4) is 0 Å². The highest BCUT2D eigenvalue weighted by Crippen LogP contribution is 2.40. The number of pyridine rings is 1. The zero-order chi connectivity index (χ0) is 20.7. The minimum Gasteiger partial charge on any atom is -0.458 e. The van der Waals surface area contributed by atoms with Gasteiger partial charge < -0.3 is 9.64 Å². The molecule has 30 heavy (non-hydrogen) atoms. The topological polar surface area (TPSA) is 94.0 Å². The van der Waals surface area contributed by atoms with Gasteiger partial charge in [0.25, 0.3) is 5.91 Å². The first-order valence-corrected chi connectivity index (χ1v) is 10.2. The molecule has 3 aromatic heterocycles. The summed E-state index contributed by atoms with van der Waals surface area (Å²) in [5.41, 5.74) is 1.77. The lowest BCUT2D eigenvalue weighted by Gasteiger charge is -2.33. The molecule has 3 aromatic rings. The summed E-state index contributed by atoms with van der Waals surface area (Å²) < 4.78 is 6.00. The van der Waals surface area contributed by atoms with Crippen molar-refractivity contribution in [2.75, 3.05) is 6.54 Å². The molecule has 1 amide bonds. The number of ether oxygens (including phenoxy) is 1. The Morgan fingerprint density at radius 2 is 1.90 bits per heavy atom. The summed E-state index contributed by atoms with van der Waals surface area (Å²) in [5.74, 6) is 0.747. The van der Waals surface area contributed by atoms with E-state index in [9.17, 15) is 4.79 Å². The summed E-state index contributed by atoms with van der Waals surface area (Å²) in [6.07, 6.45) is 7.93. The second-order valence-electron chi connectivity index (χ2n) is 7.62. The summed E-state index contributed by atoms with van der Waals surface area (Å²) in [5, 5.41) is 0.452. The second-order valence-corrected chi connectivity index (χ2v) is 8.06. The fraction of sp³-hybridized carbons (Fsp3) is 0.333. The summed E-state index contributed by atoms with van der Waals surface area (Å²) in [7, 11) is 0. The van der Waals surface area contributed by atoms with Crippen LogP contribution in [0.5, 0.6) is 6.01 Å². The van der Waals surface area contributed by atoms with Crippen molar-refractivity contribution in [1.29, 1.82) is 0 Å². The van der Waals surface area contributed by atoms with Gasteiger partial charge >= 0.3 is 6.01 Å². The number of hydrogen-bond donors (Lipinski definition) is 0. The van der Waals surface area contributed by atoms with E-state index in [-0.39, 0.29) is 24.1 Å². The third-order valence-corrected chi connectivity index (χ3v) is 5.78. The molecular weight excluding hydrogens is 404 g/mol. The second kappa shape index (κ2) is 7.60. The van der Waals surface area contributed by atoms with Gasteiger partial charge in [0.1, 0.15) is 11.8 Å². The zero-order valence-corrected chi connectivity index (χ0v) is 17.0. The minimum atomic E-state index is -0.157. The van der Waals surface area contributed by atoms with Gasteiger partial charge in [-0.05, 0) is 43.9 Å². The molecule has 2 aliphatic rings. The maximum absolute atomic E-state index is 13.5. The maximum Gasteiger partial charge on any atom is 0.316 e. The Balaban J connectivity index is 1.42. The number of piperidine rings is 1. The molecule has 0 spiro atoms. The van der Waals surface area contributed by atoms with Crippen molar-refractivity contribution < 1.29 is 9.53 Å². The Bertz CT molecular complexity index is 1080. The molecule has 0 radical (unpaired) electrons. The van der Waals surface area contributed by atoms with Crippen LogP contribution in [0.1, 0.15) is 29.0 Å². The number of aryl methyl sites for hydroxylation is 1. The molecule has 1 saturated carbocycles. The van der Waals surface area contributed by atoms with Gasteiger partial charge in [0.05, 0.1) is 29.0 Å². The molecule has 9 heteroatoms. The zero-order valence-electron chi connectivity index (χ0n) is 16.3. The smallest absolute Gasteiger partial charge is 0.316 e. The fourth-order valence-corrected chi connectivity index (χ4v) is 4.39. The molecular formula is C21H19ClN6O2. The number of fused-ring (bicyclic) bond motifs is 2. The van der Waals surface area contributed by atoms with Gasteiger partial charge in [0, 0.05) is 24.6 Å². The van der Waals surface area contributed by atoms with Crippen LogP contribution >= 0.6 is 11.6 Å². The van der Waals surface area contributed by atoms with Gasteiger partial charge in [-0.3, -0.25) is 4.79 Å². The fourth-order valence-electron chi connectivity index (χ4n) is 4.30. The summed E-state index contributed by atoms with van der Waals surface area (Å²) in [6, 6.07) is 5.69. The van der Waals surface area contributed by atoms with Crippen LogP contribution in [0.4, 0.5) is 0 Å². The van der Waals surface area contributed by atoms with Crippen molar-refractivity contribution in [1.82, 2.24) is 29.8 Å². The standard InChI is InChI=1S/C21H19ClN6O2/c1-12-3-4-15(19-23-5-2-6-24-19)18(27-12)20(29)28-11-13-7-16(28)17(8-13)30-21-25-9-14(22)10-26-21/h2-6,9-10,13,16-17H,7-8,11H2,1H3. The molecule has 0 N–H and O–H groups in total. The minimum absolute atomic E-state index is 0.0476. The Morgan fingerprint density at radius 3 is 2.63 bits per heavy atom. The highest BCUT2D eigenvalue weighted by Gasteiger charge is 2.49. The first kappa shape index (κ1) is 18.9. The Kier molecular flexibility index (Phi) is 4.78. The predicted octanol–water partition coefficient (Wildman–Crippen LogP) is 2.97. The van der Waals surface area contributed by atoms with Crippen molar-refractivity contribution >= 4 is 17.5 Å². The third-order valence-electron chi connectivity index (χ3n) is 5.58. The number of rotatable bonds is 4. The number of carbonyl (C=O) groups is 1. The van der Waals surface area contributed by atoms with E-state index in [1.807, 2.05) is 24.0 Å². The van der Waals surface area contributed by atoms with Crippen LogP contribution in [-0.2, 0) is 0 Å². The van der Waals surface area contributed by atoms with Crippen LogP contribution in [0.25, 0.3) is 11.4 Å². The van der Waals surface area contributed by atoms with E-state index < -0.39 is 0 Å². The largest absolute Gasteiger partial charge is 0.458 e. The lowest BCUT2D eigenvalue weighted by Crippen LogP contribution is -2.47. The third kappa shape index (κ3) is 3.47. The number of nitrogens with zero attached hydrogens (tertiary/aromatic N) is 6. The van der Waals surface area contributed by atoms with Crippen molar-refractivity contribution in [3.8, 4) is 17.4 Å². The molecule has 1 aliphatic heterocycles. The Hall–Kier alpha value is -3.13. The van der Waals surface area contributed by atoms with Crippen LogP contribution < -0.4 is 4.74 Å². The quantitative estimate of drug-likeness (QED) is 0.637. The molecule has 2 fully saturated rings. The molecule has 4 heterocycles.